The molecule has 3 atom stereocenters. The molecule has 0 radical (unpaired) electrons. The number of nitrogens with zero attached hydrogens (tertiary/aromatic N) is 1. The summed E-state index contributed by atoms with van der Waals surface area (Å²) in [5, 5.41) is 30.0. The van der Waals surface area contributed by atoms with Gasteiger partial charge in [0.05, 0.1) is 19.3 Å². The van der Waals surface area contributed by atoms with Crippen molar-refractivity contribution in [1.82, 2.24) is 4.90 Å². The minimum absolute atomic E-state index is 0.0303. The molecule has 4 nitrogen and oxygen atoms in total. The molecule has 1 saturated heterocycles. The fraction of sp³-hybridized carbons (Fsp3) is 0.700. The third kappa shape index (κ3) is 3.13. The fourth-order valence-electron chi connectivity index (χ4n) is 4.82. The Balaban J connectivity index is 1.94. The van der Waals surface area contributed by atoms with Gasteiger partial charge in [0, 0.05) is 19.1 Å². The molecule has 1 fully saturated rings. The molecule has 4 heteroatoms. The normalized spacial score (nSPS) is 27.2. The molecule has 0 saturated carbocycles. The highest BCUT2D eigenvalue weighted by Crippen LogP contribution is 2.42. The molecule has 0 aliphatic carbocycles. The van der Waals surface area contributed by atoms with Crippen LogP contribution in [0.15, 0.2) is 6.07 Å². The maximum absolute atomic E-state index is 10.7. The Morgan fingerprint density at radius 3 is 2.62 bits per heavy atom. The monoisotopic (exact) mass is 333 g/mol. The second-order valence-electron chi connectivity index (χ2n) is 7.98. The summed E-state index contributed by atoms with van der Waals surface area (Å²) in [4.78, 5) is 2.52. The van der Waals surface area contributed by atoms with Gasteiger partial charge in [-0.1, -0.05) is 19.9 Å². The molecule has 0 aromatic heterocycles. The van der Waals surface area contributed by atoms with E-state index in [1.165, 1.54) is 11.1 Å². The number of aliphatic hydroxyl groups is 3. The molecule has 1 aromatic rings. The number of hydrogen-bond acceptors (Lipinski definition) is 4. The van der Waals surface area contributed by atoms with Crippen molar-refractivity contribution in [2.24, 2.45) is 11.8 Å². The van der Waals surface area contributed by atoms with Crippen LogP contribution in [-0.4, -0.2) is 39.4 Å². The molecule has 1 aromatic carbocycles. The second-order valence-corrected chi connectivity index (χ2v) is 7.98. The van der Waals surface area contributed by atoms with E-state index in [1.807, 2.05) is 0 Å². The molecule has 0 unspecified atom stereocenters. The van der Waals surface area contributed by atoms with Crippen molar-refractivity contribution in [2.45, 2.75) is 65.4 Å². The van der Waals surface area contributed by atoms with Gasteiger partial charge in [0.1, 0.15) is 0 Å². The molecule has 134 valence electrons. The highest BCUT2D eigenvalue weighted by Gasteiger charge is 2.39. The Kier molecular flexibility index (Phi) is 5.30. The highest BCUT2D eigenvalue weighted by molar-refractivity contribution is 5.48. The Hall–Kier alpha value is -0.940. The number of aliphatic hydroxyl groups excluding tert-OH is 3. The lowest BCUT2D eigenvalue weighted by molar-refractivity contribution is -0.0193. The molecule has 2 aliphatic rings. The van der Waals surface area contributed by atoms with Gasteiger partial charge in [-0.2, -0.15) is 0 Å². The van der Waals surface area contributed by atoms with Gasteiger partial charge in [0.25, 0.3) is 0 Å². The van der Waals surface area contributed by atoms with Gasteiger partial charge in [-0.25, -0.2) is 0 Å². The van der Waals surface area contributed by atoms with Gasteiger partial charge in [-0.15, -0.1) is 0 Å². The molecule has 3 N–H and O–H groups in total. The average Bonchev–Trinajstić information content (AvgIpc) is 2.54. The lowest BCUT2D eigenvalue weighted by Crippen LogP contribution is -2.48. The van der Waals surface area contributed by atoms with Crippen molar-refractivity contribution in [3.63, 3.8) is 0 Å². The van der Waals surface area contributed by atoms with Crippen molar-refractivity contribution in [2.75, 3.05) is 13.1 Å². The number of piperidine rings is 1. The van der Waals surface area contributed by atoms with E-state index < -0.39 is 0 Å². The maximum Gasteiger partial charge on any atom is 0.0688 e. The predicted molar refractivity (Wildman–Crippen MR) is 94.6 cm³/mol. The minimum Gasteiger partial charge on any atom is -0.393 e. The number of rotatable bonds is 4. The van der Waals surface area contributed by atoms with Crippen LogP contribution in [0.1, 0.15) is 60.5 Å². The van der Waals surface area contributed by atoms with Crippen LogP contribution in [0.3, 0.4) is 0 Å². The summed E-state index contributed by atoms with van der Waals surface area (Å²) in [6, 6.07) is 2.31. The smallest absolute Gasteiger partial charge is 0.0688 e. The summed E-state index contributed by atoms with van der Waals surface area (Å²) in [6.45, 7) is 8.40. The molecule has 0 bridgehead atoms. The van der Waals surface area contributed by atoms with Crippen molar-refractivity contribution >= 4 is 0 Å². The van der Waals surface area contributed by atoms with Crippen LogP contribution in [0.5, 0.6) is 0 Å². The molecule has 3 rings (SSSR count). The van der Waals surface area contributed by atoms with Crippen molar-refractivity contribution in [3.8, 4) is 0 Å². The van der Waals surface area contributed by atoms with Crippen LogP contribution in [0, 0.1) is 18.8 Å². The summed E-state index contributed by atoms with van der Waals surface area (Å²) in [5.74, 6) is 0.963. The molecule has 2 heterocycles. The van der Waals surface area contributed by atoms with Crippen LogP contribution >= 0.6 is 0 Å². The topological polar surface area (TPSA) is 63.9 Å². The summed E-state index contributed by atoms with van der Waals surface area (Å²) in [6.07, 6.45) is 2.57. The molecular formula is C20H31NO3. The van der Waals surface area contributed by atoms with Crippen LogP contribution in [0.2, 0.25) is 0 Å². The van der Waals surface area contributed by atoms with E-state index >= 15 is 0 Å². The maximum atomic E-state index is 10.7. The first-order chi connectivity index (χ1) is 11.5. The van der Waals surface area contributed by atoms with E-state index in [0.29, 0.717) is 11.8 Å². The standard InChI is InChI=1S/C20H31NO3/c1-12(2)6-15-9-21-5-4-14-7-16(10-22)17(11-23)13(3)20(14)18(21)8-19(15)24/h7,12,15,18-19,22-24H,4-6,8-11H2,1-3H3/t15-,18-,19+/m0/s1. The average molecular weight is 333 g/mol. The van der Waals surface area contributed by atoms with Crippen molar-refractivity contribution < 1.29 is 15.3 Å². The molecular weight excluding hydrogens is 302 g/mol. The summed E-state index contributed by atoms with van der Waals surface area (Å²) < 4.78 is 0. The second kappa shape index (κ2) is 7.12. The van der Waals surface area contributed by atoms with Gasteiger partial charge in [0.15, 0.2) is 0 Å². The molecule has 2 aliphatic heterocycles. The van der Waals surface area contributed by atoms with E-state index in [2.05, 4.69) is 31.7 Å². The summed E-state index contributed by atoms with van der Waals surface area (Å²) >= 11 is 0. The van der Waals surface area contributed by atoms with Crippen LogP contribution in [0.4, 0.5) is 0 Å². The van der Waals surface area contributed by atoms with E-state index in [-0.39, 0.29) is 25.4 Å². The van der Waals surface area contributed by atoms with Crippen molar-refractivity contribution in [3.05, 3.63) is 33.9 Å². The quantitative estimate of drug-likeness (QED) is 0.791. The SMILES string of the molecule is Cc1c(CO)c(CO)cc2c1[C@@H]1C[C@@H](O)[C@@H](CC(C)C)CN1CC2. The lowest BCUT2D eigenvalue weighted by atomic mass is 9.76. The zero-order valence-corrected chi connectivity index (χ0v) is 15.1. The van der Waals surface area contributed by atoms with Gasteiger partial charge in [0.2, 0.25) is 0 Å². The number of hydrogen-bond donors (Lipinski definition) is 3. The summed E-state index contributed by atoms with van der Waals surface area (Å²) in [7, 11) is 0. The Labute approximate surface area is 145 Å². The first-order valence-corrected chi connectivity index (χ1v) is 9.24. The Morgan fingerprint density at radius 2 is 2.00 bits per heavy atom. The van der Waals surface area contributed by atoms with Crippen LogP contribution < -0.4 is 0 Å². The number of benzene rings is 1. The van der Waals surface area contributed by atoms with Gasteiger partial charge >= 0.3 is 0 Å². The minimum atomic E-state index is -0.255. The first-order valence-electron chi connectivity index (χ1n) is 9.24. The zero-order valence-electron chi connectivity index (χ0n) is 15.1. The van der Waals surface area contributed by atoms with E-state index in [4.69, 9.17) is 0 Å². The van der Waals surface area contributed by atoms with Crippen molar-refractivity contribution in [1.29, 1.82) is 0 Å². The largest absolute Gasteiger partial charge is 0.393 e. The van der Waals surface area contributed by atoms with E-state index in [0.717, 1.165) is 49.0 Å². The Bertz CT molecular complexity index is 599. The Morgan fingerprint density at radius 1 is 1.25 bits per heavy atom. The zero-order chi connectivity index (χ0) is 17.4. The van der Waals surface area contributed by atoms with E-state index in [1.54, 1.807) is 0 Å². The molecule has 0 amide bonds. The lowest BCUT2D eigenvalue weighted by Gasteiger charge is -2.47. The van der Waals surface area contributed by atoms with Gasteiger partial charge in [-0.3, -0.25) is 4.90 Å². The predicted octanol–water partition coefficient (Wildman–Crippen LogP) is 2.31. The third-order valence-electron chi connectivity index (χ3n) is 5.96. The van der Waals surface area contributed by atoms with E-state index in [9.17, 15) is 15.3 Å². The highest BCUT2D eigenvalue weighted by atomic mass is 16.3. The first kappa shape index (κ1) is 17.9. The van der Waals surface area contributed by atoms with Gasteiger partial charge < -0.3 is 15.3 Å². The fourth-order valence-corrected chi connectivity index (χ4v) is 4.82. The van der Waals surface area contributed by atoms with Crippen LogP contribution in [-0.2, 0) is 19.6 Å². The summed E-state index contributed by atoms with van der Waals surface area (Å²) in [5.41, 5.74) is 5.37. The van der Waals surface area contributed by atoms with Gasteiger partial charge in [-0.05, 0) is 65.8 Å². The third-order valence-corrected chi connectivity index (χ3v) is 5.96. The molecule has 0 spiro atoms. The number of fused-ring (bicyclic) bond motifs is 3. The molecule has 24 heavy (non-hydrogen) atoms. The van der Waals surface area contributed by atoms with Crippen LogP contribution in [0.25, 0.3) is 0 Å².